The zero-order chi connectivity index (χ0) is 25.0. The molecule has 35 heavy (non-hydrogen) atoms. The number of nitrogens with zero attached hydrogens (tertiary/aromatic N) is 4. The molecule has 1 aromatic carbocycles. The molecule has 1 saturated heterocycles. The number of thiophene rings is 1. The molecule has 3 heterocycles. The number of piperazine rings is 1. The number of amides is 1. The maximum Gasteiger partial charge on any atom is 0.412 e. The number of rotatable bonds is 6. The van der Waals surface area contributed by atoms with E-state index in [2.05, 4.69) is 32.1 Å². The van der Waals surface area contributed by atoms with Crippen LogP contribution in [0.3, 0.4) is 0 Å². The summed E-state index contributed by atoms with van der Waals surface area (Å²) in [7, 11) is 2.11. The minimum Gasteiger partial charge on any atom is -0.444 e. The van der Waals surface area contributed by atoms with Gasteiger partial charge < -0.3 is 14.5 Å². The Morgan fingerprint density at radius 3 is 2.43 bits per heavy atom. The molecule has 1 amide bonds. The number of aromatic nitrogens is 2. The molecular formula is C26H31N5O3S. The standard InChI is InChI=1S/C26H31N5O3S/c1-26(2,3)34-25(33)29-21-8-7-18(23-6-5-13-35-23)14-19(21)15-22(32)24-27-16-20(17-28-24)31-11-9-30(4)10-12-31/h5-8,13-14,16-17H,9-12,15H2,1-4H3,(H,29,33). The van der Waals surface area contributed by atoms with Crippen molar-refractivity contribution in [1.29, 1.82) is 0 Å². The van der Waals surface area contributed by atoms with Crippen LogP contribution in [0, 0.1) is 0 Å². The first kappa shape index (κ1) is 24.8. The molecular weight excluding hydrogens is 462 g/mol. The number of carbonyl (C=O) groups is 2. The van der Waals surface area contributed by atoms with Crippen LogP contribution in [0.4, 0.5) is 16.2 Å². The van der Waals surface area contributed by atoms with Crippen molar-refractivity contribution in [1.82, 2.24) is 14.9 Å². The van der Waals surface area contributed by atoms with Crippen LogP contribution >= 0.6 is 11.3 Å². The molecule has 1 aliphatic heterocycles. The summed E-state index contributed by atoms with van der Waals surface area (Å²) >= 11 is 1.61. The monoisotopic (exact) mass is 493 g/mol. The second kappa shape index (κ2) is 10.5. The van der Waals surface area contributed by atoms with Crippen molar-refractivity contribution in [3.8, 4) is 10.4 Å². The van der Waals surface area contributed by atoms with Gasteiger partial charge in [-0.2, -0.15) is 0 Å². The highest BCUT2D eigenvalue weighted by atomic mass is 32.1. The number of carbonyl (C=O) groups excluding carboxylic acids is 2. The van der Waals surface area contributed by atoms with Crippen molar-refractivity contribution in [3.05, 3.63) is 59.5 Å². The van der Waals surface area contributed by atoms with E-state index < -0.39 is 11.7 Å². The van der Waals surface area contributed by atoms with Crippen LogP contribution < -0.4 is 10.2 Å². The fraction of sp³-hybridized carbons (Fsp3) is 0.385. The summed E-state index contributed by atoms with van der Waals surface area (Å²) in [4.78, 5) is 39.8. The molecule has 4 rings (SSSR count). The lowest BCUT2D eigenvalue weighted by atomic mass is 10.0. The fourth-order valence-corrected chi connectivity index (χ4v) is 4.54. The van der Waals surface area contributed by atoms with E-state index in [0.29, 0.717) is 11.3 Å². The van der Waals surface area contributed by atoms with Gasteiger partial charge in [-0.1, -0.05) is 12.1 Å². The molecule has 0 unspecified atom stereocenters. The Balaban J connectivity index is 1.53. The van der Waals surface area contributed by atoms with Crippen LogP contribution in [0.25, 0.3) is 10.4 Å². The molecule has 3 aromatic rings. The molecule has 0 radical (unpaired) electrons. The molecule has 8 nitrogen and oxygen atoms in total. The maximum atomic E-state index is 13.1. The number of hydrogen-bond donors (Lipinski definition) is 1. The lowest BCUT2D eigenvalue weighted by Crippen LogP contribution is -2.44. The number of ketones is 1. The largest absolute Gasteiger partial charge is 0.444 e. The van der Waals surface area contributed by atoms with Crippen molar-refractivity contribution in [2.24, 2.45) is 0 Å². The van der Waals surface area contributed by atoms with Gasteiger partial charge in [0.25, 0.3) is 0 Å². The van der Waals surface area contributed by atoms with Crippen LogP contribution in [-0.4, -0.2) is 65.6 Å². The summed E-state index contributed by atoms with van der Waals surface area (Å²) in [5.41, 5.74) is 2.47. The van der Waals surface area contributed by atoms with Crippen molar-refractivity contribution in [2.45, 2.75) is 32.8 Å². The summed E-state index contributed by atoms with van der Waals surface area (Å²) < 4.78 is 5.40. The van der Waals surface area contributed by atoms with Gasteiger partial charge in [-0.3, -0.25) is 10.1 Å². The molecule has 0 bridgehead atoms. The van der Waals surface area contributed by atoms with Gasteiger partial charge in [0.2, 0.25) is 5.78 Å². The van der Waals surface area contributed by atoms with Gasteiger partial charge in [0.1, 0.15) is 5.60 Å². The number of Topliss-reactive ketones (excluding diaryl/α,β-unsaturated/α-hetero) is 1. The first-order chi connectivity index (χ1) is 16.7. The fourth-order valence-electron chi connectivity index (χ4n) is 3.82. The van der Waals surface area contributed by atoms with Gasteiger partial charge >= 0.3 is 6.09 Å². The molecule has 1 N–H and O–H groups in total. The zero-order valence-corrected chi connectivity index (χ0v) is 21.4. The van der Waals surface area contributed by atoms with E-state index >= 15 is 0 Å². The Morgan fingerprint density at radius 2 is 1.80 bits per heavy atom. The van der Waals surface area contributed by atoms with E-state index in [1.54, 1.807) is 50.6 Å². The smallest absolute Gasteiger partial charge is 0.412 e. The molecule has 0 atom stereocenters. The van der Waals surface area contributed by atoms with Crippen molar-refractivity contribution < 1.29 is 14.3 Å². The average Bonchev–Trinajstić information content (AvgIpc) is 3.35. The zero-order valence-electron chi connectivity index (χ0n) is 20.6. The van der Waals surface area contributed by atoms with E-state index in [9.17, 15) is 9.59 Å². The number of nitrogens with one attached hydrogen (secondary N) is 1. The Hall–Kier alpha value is -3.30. The van der Waals surface area contributed by atoms with E-state index in [0.717, 1.165) is 42.3 Å². The van der Waals surface area contributed by atoms with E-state index in [1.807, 2.05) is 29.6 Å². The van der Waals surface area contributed by atoms with Crippen molar-refractivity contribution in [3.63, 3.8) is 0 Å². The van der Waals surface area contributed by atoms with Gasteiger partial charge in [0, 0.05) is 43.2 Å². The first-order valence-electron chi connectivity index (χ1n) is 11.6. The van der Waals surface area contributed by atoms with Crippen molar-refractivity contribution >= 4 is 34.6 Å². The van der Waals surface area contributed by atoms with Gasteiger partial charge in [-0.15, -0.1) is 11.3 Å². The molecule has 0 spiro atoms. The minimum absolute atomic E-state index is 0.0538. The lowest BCUT2D eigenvalue weighted by Gasteiger charge is -2.33. The molecule has 0 aliphatic carbocycles. The van der Waals surface area contributed by atoms with E-state index in [1.165, 1.54) is 0 Å². The predicted octanol–water partition coefficient (Wildman–Crippen LogP) is 4.73. The van der Waals surface area contributed by atoms with Crippen molar-refractivity contribution in [2.75, 3.05) is 43.4 Å². The molecule has 0 saturated carbocycles. The van der Waals surface area contributed by atoms with Crippen LogP contribution in [0.5, 0.6) is 0 Å². The Labute approximate surface area is 210 Å². The normalized spacial score (nSPS) is 14.6. The number of hydrogen-bond acceptors (Lipinski definition) is 8. The summed E-state index contributed by atoms with van der Waals surface area (Å²) in [6.45, 7) is 9.19. The molecule has 2 aromatic heterocycles. The SMILES string of the molecule is CN1CCN(c2cnc(C(=O)Cc3cc(-c4cccs4)ccc3NC(=O)OC(C)(C)C)nc2)CC1. The quantitative estimate of drug-likeness (QED) is 0.497. The third-order valence-electron chi connectivity index (χ3n) is 5.65. The van der Waals surface area contributed by atoms with E-state index in [4.69, 9.17) is 4.74 Å². The highest BCUT2D eigenvalue weighted by molar-refractivity contribution is 7.13. The Morgan fingerprint density at radius 1 is 1.09 bits per heavy atom. The molecule has 9 heteroatoms. The number of likely N-dealkylation sites (N-methyl/N-ethyl adjacent to an activating group) is 1. The molecule has 1 fully saturated rings. The van der Waals surface area contributed by atoms with Crippen LogP contribution in [-0.2, 0) is 11.2 Å². The predicted molar refractivity (Wildman–Crippen MR) is 139 cm³/mol. The van der Waals surface area contributed by atoms with Gasteiger partial charge in [-0.25, -0.2) is 14.8 Å². The molecule has 1 aliphatic rings. The third-order valence-corrected chi connectivity index (χ3v) is 6.57. The Bertz CT molecular complexity index is 1160. The lowest BCUT2D eigenvalue weighted by molar-refractivity contribution is 0.0635. The number of benzene rings is 1. The molecule has 184 valence electrons. The van der Waals surface area contributed by atoms with Gasteiger partial charge in [0.15, 0.2) is 5.82 Å². The highest BCUT2D eigenvalue weighted by Crippen LogP contribution is 2.30. The number of ether oxygens (including phenoxy) is 1. The Kier molecular flexibility index (Phi) is 7.47. The number of anilines is 2. The summed E-state index contributed by atoms with van der Waals surface area (Å²) in [6.07, 6.45) is 2.92. The summed E-state index contributed by atoms with van der Waals surface area (Å²) in [5, 5.41) is 4.79. The van der Waals surface area contributed by atoms with Crippen LogP contribution in [0.2, 0.25) is 0 Å². The third kappa shape index (κ3) is 6.64. The van der Waals surface area contributed by atoms with Crippen LogP contribution in [0.15, 0.2) is 48.1 Å². The highest BCUT2D eigenvalue weighted by Gasteiger charge is 2.20. The second-order valence-electron chi connectivity index (χ2n) is 9.63. The summed E-state index contributed by atoms with van der Waals surface area (Å²) in [6, 6.07) is 9.65. The van der Waals surface area contributed by atoms with Gasteiger partial charge in [-0.05, 0) is 62.5 Å². The summed E-state index contributed by atoms with van der Waals surface area (Å²) in [5.74, 6) is -0.0573. The second-order valence-corrected chi connectivity index (χ2v) is 10.6. The van der Waals surface area contributed by atoms with Crippen LogP contribution in [0.1, 0.15) is 37.0 Å². The average molecular weight is 494 g/mol. The maximum absolute atomic E-state index is 13.1. The van der Waals surface area contributed by atoms with E-state index in [-0.39, 0.29) is 18.0 Å². The first-order valence-corrected chi connectivity index (χ1v) is 12.5. The minimum atomic E-state index is -0.629. The topological polar surface area (TPSA) is 87.7 Å². The van der Waals surface area contributed by atoms with Gasteiger partial charge in [0.05, 0.1) is 18.1 Å².